The Kier molecular flexibility index (Phi) is 4.25. The average molecular weight is 348 g/mol. The van der Waals surface area contributed by atoms with Crippen molar-refractivity contribution in [1.29, 1.82) is 0 Å². The highest BCUT2D eigenvalue weighted by Gasteiger charge is 2.57. The maximum absolute atomic E-state index is 10.4. The molecule has 3 aliphatic carbocycles. The van der Waals surface area contributed by atoms with Gasteiger partial charge in [0, 0.05) is 24.3 Å². The smallest absolute Gasteiger partial charge is 0.0544 e. The first-order valence-electron chi connectivity index (χ1n) is 9.86. The van der Waals surface area contributed by atoms with E-state index in [9.17, 15) is 15.3 Å². The van der Waals surface area contributed by atoms with Crippen molar-refractivity contribution in [3.05, 3.63) is 17.5 Å². The van der Waals surface area contributed by atoms with Crippen LogP contribution in [0.4, 0.5) is 0 Å². The molecular formula is C20H32N2O3. The topological polar surface area (TPSA) is 89.4 Å². The lowest BCUT2D eigenvalue weighted by molar-refractivity contribution is -0.0997. The van der Waals surface area contributed by atoms with Crippen LogP contribution in [0.25, 0.3) is 0 Å². The SMILES string of the molecule is CC12CCC([C@@]3(C)CC[C@H](O)C[C@@H]3CO)C(CO)C1Cc1cn[nH]c12. The Morgan fingerprint density at radius 3 is 2.68 bits per heavy atom. The summed E-state index contributed by atoms with van der Waals surface area (Å²) in [5, 5.41) is 37.9. The Morgan fingerprint density at radius 2 is 1.96 bits per heavy atom. The third-order valence-corrected chi connectivity index (χ3v) is 8.34. The number of hydrogen-bond donors (Lipinski definition) is 4. The Morgan fingerprint density at radius 1 is 1.16 bits per heavy atom. The van der Waals surface area contributed by atoms with E-state index in [4.69, 9.17) is 0 Å². The van der Waals surface area contributed by atoms with Crippen molar-refractivity contribution in [1.82, 2.24) is 10.2 Å². The number of rotatable bonds is 3. The van der Waals surface area contributed by atoms with Gasteiger partial charge in [0.25, 0.3) is 0 Å². The molecule has 0 bridgehead atoms. The minimum absolute atomic E-state index is 0.00272. The second kappa shape index (κ2) is 6.07. The van der Waals surface area contributed by atoms with Gasteiger partial charge in [0.1, 0.15) is 0 Å². The zero-order valence-electron chi connectivity index (χ0n) is 15.4. The van der Waals surface area contributed by atoms with Gasteiger partial charge >= 0.3 is 0 Å². The van der Waals surface area contributed by atoms with Gasteiger partial charge in [-0.15, -0.1) is 0 Å². The largest absolute Gasteiger partial charge is 0.396 e. The fourth-order valence-electron chi connectivity index (χ4n) is 6.73. The molecule has 1 aromatic rings. The Balaban J connectivity index is 1.65. The molecule has 0 saturated heterocycles. The van der Waals surface area contributed by atoms with Crippen molar-refractivity contribution in [3.8, 4) is 0 Å². The minimum Gasteiger partial charge on any atom is -0.396 e. The van der Waals surface area contributed by atoms with E-state index in [0.29, 0.717) is 18.3 Å². The van der Waals surface area contributed by atoms with Crippen molar-refractivity contribution >= 4 is 0 Å². The summed E-state index contributed by atoms with van der Waals surface area (Å²) in [7, 11) is 0. The third kappa shape index (κ3) is 2.42. The Labute approximate surface area is 149 Å². The lowest BCUT2D eigenvalue weighted by atomic mass is 9.49. The van der Waals surface area contributed by atoms with E-state index in [2.05, 4.69) is 24.0 Å². The number of fused-ring (bicyclic) bond motifs is 3. The number of aromatic nitrogens is 2. The molecule has 5 nitrogen and oxygen atoms in total. The fourth-order valence-corrected chi connectivity index (χ4v) is 6.73. The van der Waals surface area contributed by atoms with Crippen molar-refractivity contribution in [2.24, 2.45) is 29.1 Å². The molecule has 0 spiro atoms. The second-order valence-corrected chi connectivity index (χ2v) is 9.30. The molecule has 4 rings (SSSR count). The number of hydrogen-bond acceptors (Lipinski definition) is 4. The molecule has 25 heavy (non-hydrogen) atoms. The van der Waals surface area contributed by atoms with Crippen LogP contribution < -0.4 is 0 Å². The minimum atomic E-state index is -0.288. The molecule has 7 atom stereocenters. The normalized spacial score (nSPS) is 46.7. The molecular weight excluding hydrogens is 316 g/mol. The number of aliphatic hydroxyl groups excluding tert-OH is 3. The van der Waals surface area contributed by atoms with E-state index in [1.165, 1.54) is 11.3 Å². The summed E-state index contributed by atoms with van der Waals surface area (Å²) in [6.07, 6.45) is 7.27. The highest BCUT2D eigenvalue weighted by molar-refractivity contribution is 5.35. The lowest BCUT2D eigenvalue weighted by Gasteiger charge is -2.56. The van der Waals surface area contributed by atoms with Crippen LogP contribution in [-0.4, -0.2) is 44.8 Å². The van der Waals surface area contributed by atoms with Gasteiger partial charge < -0.3 is 15.3 Å². The van der Waals surface area contributed by atoms with Crippen LogP contribution in [0.5, 0.6) is 0 Å². The first kappa shape index (κ1) is 17.5. The van der Waals surface area contributed by atoms with Gasteiger partial charge in [-0.25, -0.2) is 0 Å². The Hall–Kier alpha value is -0.910. The van der Waals surface area contributed by atoms with Crippen molar-refractivity contribution in [2.75, 3.05) is 13.2 Å². The summed E-state index contributed by atoms with van der Waals surface area (Å²) < 4.78 is 0. The average Bonchev–Trinajstić information content (AvgIpc) is 3.17. The molecule has 0 amide bonds. The summed E-state index contributed by atoms with van der Waals surface area (Å²) in [4.78, 5) is 0. The lowest BCUT2D eigenvalue weighted by Crippen LogP contribution is -2.53. The van der Waals surface area contributed by atoms with Crippen LogP contribution in [0.3, 0.4) is 0 Å². The van der Waals surface area contributed by atoms with Gasteiger partial charge in [-0.05, 0) is 73.2 Å². The Bertz CT molecular complexity index is 632. The summed E-state index contributed by atoms with van der Waals surface area (Å²) >= 11 is 0. The predicted molar refractivity (Wildman–Crippen MR) is 95.0 cm³/mol. The molecule has 5 heteroatoms. The molecule has 1 heterocycles. The number of nitrogens with one attached hydrogen (secondary N) is 1. The van der Waals surface area contributed by atoms with Crippen LogP contribution >= 0.6 is 0 Å². The molecule has 2 fully saturated rings. The molecule has 0 radical (unpaired) electrons. The van der Waals surface area contributed by atoms with E-state index in [-0.39, 0.29) is 42.0 Å². The number of H-pyrrole nitrogens is 1. The van der Waals surface area contributed by atoms with Crippen LogP contribution in [0.15, 0.2) is 6.20 Å². The van der Waals surface area contributed by atoms with E-state index in [1.807, 2.05) is 6.20 Å². The summed E-state index contributed by atoms with van der Waals surface area (Å²) in [6.45, 7) is 4.97. The van der Waals surface area contributed by atoms with Gasteiger partial charge in [0.15, 0.2) is 0 Å². The van der Waals surface area contributed by atoms with E-state index < -0.39 is 0 Å². The zero-order valence-corrected chi connectivity index (χ0v) is 15.4. The van der Waals surface area contributed by atoms with Gasteiger partial charge in [0.05, 0.1) is 12.3 Å². The third-order valence-electron chi connectivity index (χ3n) is 8.34. The highest BCUT2D eigenvalue weighted by atomic mass is 16.3. The molecule has 1 aromatic heterocycles. The maximum atomic E-state index is 10.4. The van der Waals surface area contributed by atoms with Gasteiger partial charge in [-0.1, -0.05) is 13.8 Å². The van der Waals surface area contributed by atoms with Crippen LogP contribution in [-0.2, 0) is 11.8 Å². The molecule has 4 N–H and O–H groups in total. The van der Waals surface area contributed by atoms with Gasteiger partial charge in [-0.3, -0.25) is 5.10 Å². The molecule has 3 aliphatic rings. The molecule has 0 aromatic carbocycles. The first-order valence-corrected chi connectivity index (χ1v) is 9.86. The summed E-state index contributed by atoms with van der Waals surface area (Å²) in [5.74, 6) is 1.20. The first-order chi connectivity index (χ1) is 11.9. The second-order valence-electron chi connectivity index (χ2n) is 9.30. The molecule has 0 aliphatic heterocycles. The van der Waals surface area contributed by atoms with Crippen LogP contribution in [0.1, 0.15) is 57.2 Å². The monoisotopic (exact) mass is 348 g/mol. The van der Waals surface area contributed by atoms with Crippen LogP contribution in [0, 0.1) is 29.1 Å². The maximum Gasteiger partial charge on any atom is 0.0544 e. The summed E-state index contributed by atoms with van der Waals surface area (Å²) in [6, 6.07) is 0. The number of aliphatic hydroxyl groups is 3. The highest BCUT2D eigenvalue weighted by Crippen LogP contribution is 2.60. The van der Waals surface area contributed by atoms with Crippen molar-refractivity contribution in [2.45, 2.75) is 63.9 Å². The number of aromatic amines is 1. The molecule has 2 saturated carbocycles. The standard InChI is InChI=1S/C20H32N2O3/c1-19(5-3-14(25)8-13(19)10-23)16-4-6-20(2)17(15(16)11-24)7-12-9-21-22-18(12)20/h9,13-17,23-25H,3-8,10-11H2,1-2H3,(H,21,22)/t13-,14+,15?,16?,17?,19+,20?/m1/s1. The summed E-state index contributed by atoms with van der Waals surface area (Å²) in [5.41, 5.74) is 2.67. The van der Waals surface area contributed by atoms with Crippen LogP contribution in [0.2, 0.25) is 0 Å². The number of nitrogens with zero attached hydrogens (tertiary/aromatic N) is 1. The molecule has 4 unspecified atom stereocenters. The molecule has 140 valence electrons. The fraction of sp³-hybridized carbons (Fsp3) is 0.850. The van der Waals surface area contributed by atoms with Crippen molar-refractivity contribution in [3.63, 3.8) is 0 Å². The van der Waals surface area contributed by atoms with Gasteiger partial charge in [0.2, 0.25) is 0 Å². The predicted octanol–water partition coefficient (Wildman–Crippen LogP) is 2.02. The zero-order chi connectivity index (χ0) is 17.8. The van der Waals surface area contributed by atoms with E-state index in [0.717, 1.165) is 32.1 Å². The van der Waals surface area contributed by atoms with Gasteiger partial charge in [-0.2, -0.15) is 5.10 Å². The van der Waals surface area contributed by atoms with E-state index in [1.54, 1.807) is 0 Å². The van der Waals surface area contributed by atoms with Crippen molar-refractivity contribution < 1.29 is 15.3 Å². The quantitative estimate of drug-likeness (QED) is 0.673. The van der Waals surface area contributed by atoms with E-state index >= 15 is 0 Å².